The van der Waals surface area contributed by atoms with Crippen LogP contribution < -0.4 is 5.32 Å². The first-order valence-electron chi connectivity index (χ1n) is 7.39. The van der Waals surface area contributed by atoms with Gasteiger partial charge in [0.1, 0.15) is 5.82 Å². The van der Waals surface area contributed by atoms with Gasteiger partial charge in [-0.2, -0.15) is 4.31 Å². The molecule has 1 aromatic rings. The molecule has 0 spiro atoms. The van der Waals surface area contributed by atoms with Crippen molar-refractivity contribution in [2.75, 3.05) is 38.5 Å². The van der Waals surface area contributed by atoms with E-state index < -0.39 is 10.0 Å². The van der Waals surface area contributed by atoms with Crippen LogP contribution in [0.25, 0.3) is 0 Å². The van der Waals surface area contributed by atoms with Gasteiger partial charge in [0.15, 0.2) is 0 Å². The molecule has 1 aliphatic heterocycles. The fourth-order valence-corrected chi connectivity index (χ4v) is 4.06. The number of aromatic nitrogens is 1. The number of pyridine rings is 1. The van der Waals surface area contributed by atoms with Gasteiger partial charge in [-0.05, 0) is 26.5 Å². The molecule has 0 aliphatic carbocycles. The minimum atomic E-state index is -3.44. The van der Waals surface area contributed by atoms with Crippen LogP contribution in [0.1, 0.15) is 20.3 Å². The van der Waals surface area contributed by atoms with Crippen LogP contribution in [0.4, 0.5) is 5.82 Å². The van der Waals surface area contributed by atoms with Gasteiger partial charge in [0.25, 0.3) is 0 Å². The molecule has 0 bridgehead atoms. The Morgan fingerprint density at radius 3 is 2.81 bits per heavy atom. The number of hydrogen-bond acceptors (Lipinski definition) is 5. The lowest BCUT2D eigenvalue weighted by Crippen LogP contribution is -2.52. The van der Waals surface area contributed by atoms with Crippen molar-refractivity contribution in [3.8, 4) is 0 Å². The molecule has 1 aromatic heterocycles. The Kier molecular flexibility index (Phi) is 5.18. The number of nitrogens with one attached hydrogen (secondary N) is 1. The first kappa shape index (κ1) is 16.2. The Hall–Kier alpha value is -1.18. The third kappa shape index (κ3) is 3.53. The van der Waals surface area contributed by atoms with E-state index in [0.29, 0.717) is 30.3 Å². The zero-order chi connectivity index (χ0) is 15.5. The van der Waals surface area contributed by atoms with Gasteiger partial charge in [-0.15, -0.1) is 0 Å². The van der Waals surface area contributed by atoms with Crippen LogP contribution in [-0.4, -0.2) is 61.9 Å². The first-order valence-corrected chi connectivity index (χ1v) is 8.83. The van der Waals surface area contributed by atoms with Crippen molar-refractivity contribution in [3.63, 3.8) is 0 Å². The monoisotopic (exact) mass is 312 g/mol. The molecule has 2 rings (SSSR count). The molecule has 0 aromatic carbocycles. The van der Waals surface area contributed by atoms with Gasteiger partial charge in [0, 0.05) is 44.5 Å². The van der Waals surface area contributed by atoms with Crippen LogP contribution in [-0.2, 0) is 10.0 Å². The van der Waals surface area contributed by atoms with E-state index in [4.69, 9.17) is 0 Å². The first-order chi connectivity index (χ1) is 9.98. The van der Waals surface area contributed by atoms with Gasteiger partial charge in [0.05, 0.1) is 4.90 Å². The zero-order valence-corrected chi connectivity index (χ0v) is 13.7. The summed E-state index contributed by atoms with van der Waals surface area (Å²) in [6, 6.07) is 3.46. The maximum Gasteiger partial charge on any atom is 0.243 e. The summed E-state index contributed by atoms with van der Waals surface area (Å²) in [5.74, 6) is 0.597. The molecule has 0 amide bonds. The zero-order valence-electron chi connectivity index (χ0n) is 12.9. The summed E-state index contributed by atoms with van der Waals surface area (Å²) in [4.78, 5) is 6.67. The molecule has 2 heterocycles. The Bertz CT molecular complexity index is 576. The molecule has 1 aliphatic rings. The highest BCUT2D eigenvalue weighted by Gasteiger charge is 2.32. The Morgan fingerprint density at radius 2 is 2.14 bits per heavy atom. The number of hydrogen-bond donors (Lipinski definition) is 1. The van der Waals surface area contributed by atoms with Crippen LogP contribution >= 0.6 is 0 Å². The Balaban J connectivity index is 2.23. The van der Waals surface area contributed by atoms with Gasteiger partial charge in [-0.1, -0.05) is 6.92 Å². The molecule has 118 valence electrons. The average molecular weight is 312 g/mol. The molecule has 1 saturated heterocycles. The van der Waals surface area contributed by atoms with E-state index in [0.717, 1.165) is 13.0 Å². The number of anilines is 1. The Labute approximate surface area is 127 Å². The highest BCUT2D eigenvalue weighted by atomic mass is 32.2. The van der Waals surface area contributed by atoms with Crippen LogP contribution in [0.15, 0.2) is 23.2 Å². The fraction of sp³-hybridized carbons (Fsp3) is 0.643. The van der Waals surface area contributed by atoms with Crippen molar-refractivity contribution in [1.29, 1.82) is 0 Å². The summed E-state index contributed by atoms with van der Waals surface area (Å²) in [7, 11) is -1.39. The maximum atomic E-state index is 12.8. The van der Waals surface area contributed by atoms with E-state index in [9.17, 15) is 8.42 Å². The van der Waals surface area contributed by atoms with Crippen molar-refractivity contribution < 1.29 is 8.42 Å². The number of piperazine rings is 1. The summed E-state index contributed by atoms with van der Waals surface area (Å²) >= 11 is 0. The van der Waals surface area contributed by atoms with Crippen LogP contribution in [0.3, 0.4) is 0 Å². The molecular formula is C14H24N4O2S. The van der Waals surface area contributed by atoms with E-state index >= 15 is 0 Å². The number of sulfonamides is 1. The third-order valence-electron chi connectivity index (χ3n) is 3.94. The highest BCUT2D eigenvalue weighted by molar-refractivity contribution is 7.89. The minimum absolute atomic E-state index is 0.281. The van der Waals surface area contributed by atoms with Crippen molar-refractivity contribution in [3.05, 3.63) is 18.3 Å². The standard InChI is InChI=1S/C14H24N4O2S/c1-4-12-11-18(9-8-17(12)3)21(19,20)13-6-7-16-14(10-13)15-5-2/h6-7,10,12H,4-5,8-9,11H2,1-3H3,(H,15,16). The summed E-state index contributed by atoms with van der Waals surface area (Å²) in [5.41, 5.74) is 0. The Morgan fingerprint density at radius 1 is 1.38 bits per heavy atom. The summed E-state index contributed by atoms with van der Waals surface area (Å²) in [6.45, 7) is 6.61. The number of likely N-dealkylation sites (N-methyl/N-ethyl adjacent to an activating group) is 1. The molecule has 1 N–H and O–H groups in total. The van der Waals surface area contributed by atoms with Crippen molar-refractivity contribution >= 4 is 15.8 Å². The van der Waals surface area contributed by atoms with E-state index in [1.165, 1.54) is 6.20 Å². The molecular weight excluding hydrogens is 288 g/mol. The summed E-state index contributed by atoms with van der Waals surface area (Å²) < 4.78 is 27.1. The van der Waals surface area contributed by atoms with Crippen molar-refractivity contribution in [1.82, 2.24) is 14.2 Å². The fourth-order valence-electron chi connectivity index (χ4n) is 2.58. The average Bonchev–Trinajstić information content (AvgIpc) is 2.48. The van der Waals surface area contributed by atoms with E-state index in [2.05, 4.69) is 22.1 Å². The van der Waals surface area contributed by atoms with Crippen molar-refractivity contribution in [2.45, 2.75) is 31.2 Å². The number of rotatable bonds is 5. The minimum Gasteiger partial charge on any atom is -0.370 e. The summed E-state index contributed by atoms with van der Waals surface area (Å²) in [5, 5.41) is 3.05. The molecule has 0 radical (unpaired) electrons. The summed E-state index contributed by atoms with van der Waals surface area (Å²) in [6.07, 6.45) is 2.49. The lowest BCUT2D eigenvalue weighted by Gasteiger charge is -2.38. The SMILES string of the molecule is CCNc1cc(S(=O)(=O)N2CCN(C)C(CC)C2)ccn1. The van der Waals surface area contributed by atoms with Crippen LogP contribution in [0.5, 0.6) is 0 Å². The molecule has 0 saturated carbocycles. The van der Waals surface area contributed by atoms with E-state index in [-0.39, 0.29) is 6.04 Å². The second-order valence-electron chi connectivity index (χ2n) is 5.31. The third-order valence-corrected chi connectivity index (χ3v) is 5.80. The second kappa shape index (κ2) is 6.72. The largest absolute Gasteiger partial charge is 0.370 e. The number of nitrogens with zero attached hydrogens (tertiary/aromatic N) is 3. The van der Waals surface area contributed by atoms with Gasteiger partial charge in [-0.3, -0.25) is 0 Å². The normalized spacial score (nSPS) is 21.4. The molecule has 7 heteroatoms. The van der Waals surface area contributed by atoms with Crippen LogP contribution in [0.2, 0.25) is 0 Å². The van der Waals surface area contributed by atoms with Gasteiger partial charge in [0.2, 0.25) is 10.0 Å². The van der Waals surface area contributed by atoms with E-state index in [1.807, 2.05) is 14.0 Å². The topological polar surface area (TPSA) is 65.5 Å². The van der Waals surface area contributed by atoms with E-state index in [1.54, 1.807) is 16.4 Å². The predicted molar refractivity (Wildman–Crippen MR) is 83.9 cm³/mol. The predicted octanol–water partition coefficient (Wildman–Crippen LogP) is 1.23. The van der Waals surface area contributed by atoms with Gasteiger partial charge < -0.3 is 10.2 Å². The molecule has 1 atom stereocenters. The van der Waals surface area contributed by atoms with Gasteiger partial charge >= 0.3 is 0 Å². The smallest absolute Gasteiger partial charge is 0.243 e. The quantitative estimate of drug-likeness (QED) is 0.886. The van der Waals surface area contributed by atoms with Gasteiger partial charge in [-0.25, -0.2) is 13.4 Å². The highest BCUT2D eigenvalue weighted by Crippen LogP contribution is 2.21. The molecule has 1 unspecified atom stereocenters. The lowest BCUT2D eigenvalue weighted by atomic mass is 10.1. The molecule has 1 fully saturated rings. The van der Waals surface area contributed by atoms with Crippen LogP contribution in [0, 0.1) is 0 Å². The second-order valence-corrected chi connectivity index (χ2v) is 7.25. The van der Waals surface area contributed by atoms with Crippen molar-refractivity contribution in [2.24, 2.45) is 0 Å². The molecule has 6 nitrogen and oxygen atoms in total. The maximum absolute atomic E-state index is 12.8. The lowest BCUT2D eigenvalue weighted by molar-refractivity contribution is 0.144. The molecule has 21 heavy (non-hydrogen) atoms.